The van der Waals surface area contributed by atoms with Crippen LogP contribution in [0.1, 0.15) is 12.5 Å². The number of ether oxygens (including phenoxy) is 1. The zero-order chi connectivity index (χ0) is 16.9. The zero-order valence-corrected chi connectivity index (χ0v) is 14.2. The fourth-order valence-electron chi connectivity index (χ4n) is 2.63. The summed E-state index contributed by atoms with van der Waals surface area (Å²) in [6.45, 7) is 2.77. The molecule has 0 fully saturated rings. The molecule has 0 aliphatic carbocycles. The number of aromatic nitrogens is 1. The molecule has 0 saturated heterocycles. The lowest BCUT2D eigenvalue weighted by atomic mass is 10.2. The molecule has 3 aromatic rings. The molecule has 0 N–H and O–H groups in total. The summed E-state index contributed by atoms with van der Waals surface area (Å²) in [5.41, 5.74) is 1.96. The van der Waals surface area contributed by atoms with E-state index in [1.54, 1.807) is 19.1 Å². The first-order chi connectivity index (χ1) is 11.7. The van der Waals surface area contributed by atoms with Gasteiger partial charge >= 0.3 is 5.97 Å². The molecule has 1 aromatic heterocycles. The number of fused-ring (bicyclic) bond motifs is 1. The van der Waals surface area contributed by atoms with E-state index in [1.807, 2.05) is 36.5 Å². The molecule has 24 heavy (non-hydrogen) atoms. The Labute approximate surface area is 144 Å². The van der Waals surface area contributed by atoms with Crippen molar-refractivity contribution < 1.29 is 13.9 Å². The van der Waals surface area contributed by atoms with Gasteiger partial charge < -0.3 is 9.30 Å². The standard InChI is InChI=1S/C19H18FNO2S/c1-2-23-19(22)13-24-18-12-21(17-9-4-3-8-16(17)18)11-14-6-5-7-15(20)10-14/h3-10,12H,2,11,13H2,1H3. The van der Waals surface area contributed by atoms with E-state index >= 15 is 0 Å². The van der Waals surface area contributed by atoms with Gasteiger partial charge in [0.2, 0.25) is 0 Å². The number of benzene rings is 2. The molecule has 2 aromatic carbocycles. The van der Waals surface area contributed by atoms with Crippen LogP contribution < -0.4 is 0 Å². The van der Waals surface area contributed by atoms with Crippen molar-refractivity contribution in [3.63, 3.8) is 0 Å². The lowest BCUT2D eigenvalue weighted by Gasteiger charge is -2.05. The van der Waals surface area contributed by atoms with E-state index in [0.717, 1.165) is 21.4 Å². The van der Waals surface area contributed by atoms with Crippen molar-refractivity contribution in [3.05, 3.63) is 66.1 Å². The van der Waals surface area contributed by atoms with Gasteiger partial charge in [-0.2, -0.15) is 0 Å². The summed E-state index contributed by atoms with van der Waals surface area (Å²) in [5, 5.41) is 1.09. The maximum Gasteiger partial charge on any atom is 0.316 e. The Bertz CT molecular complexity index is 859. The molecule has 3 rings (SSSR count). The lowest BCUT2D eigenvalue weighted by Crippen LogP contribution is -2.06. The van der Waals surface area contributed by atoms with Crippen LogP contribution in [0.5, 0.6) is 0 Å². The second kappa shape index (κ2) is 7.53. The number of hydrogen-bond acceptors (Lipinski definition) is 3. The second-order valence-corrected chi connectivity index (χ2v) is 6.38. The van der Waals surface area contributed by atoms with Gasteiger partial charge in [-0.15, -0.1) is 11.8 Å². The van der Waals surface area contributed by atoms with Crippen LogP contribution in [0.2, 0.25) is 0 Å². The largest absolute Gasteiger partial charge is 0.465 e. The maximum absolute atomic E-state index is 13.4. The van der Waals surface area contributed by atoms with Gasteiger partial charge in [-0.3, -0.25) is 4.79 Å². The molecule has 1 heterocycles. The Morgan fingerprint density at radius 2 is 2.04 bits per heavy atom. The monoisotopic (exact) mass is 343 g/mol. The van der Waals surface area contributed by atoms with Crippen LogP contribution in [0.4, 0.5) is 4.39 Å². The summed E-state index contributed by atoms with van der Waals surface area (Å²) in [7, 11) is 0. The number of esters is 1. The Morgan fingerprint density at radius 3 is 2.83 bits per heavy atom. The minimum Gasteiger partial charge on any atom is -0.465 e. The quantitative estimate of drug-likeness (QED) is 0.488. The van der Waals surface area contributed by atoms with Gasteiger partial charge in [-0.05, 0) is 30.7 Å². The number of carbonyl (C=O) groups excluding carboxylic acids is 1. The number of thioether (sulfide) groups is 1. The number of rotatable bonds is 6. The van der Waals surface area contributed by atoms with Crippen molar-refractivity contribution in [2.24, 2.45) is 0 Å². The molecule has 0 aliphatic rings. The van der Waals surface area contributed by atoms with E-state index in [0.29, 0.717) is 13.2 Å². The maximum atomic E-state index is 13.4. The van der Waals surface area contributed by atoms with E-state index in [4.69, 9.17) is 4.74 Å². The Kier molecular flexibility index (Phi) is 5.20. The normalized spacial score (nSPS) is 10.9. The highest BCUT2D eigenvalue weighted by atomic mass is 32.2. The van der Waals surface area contributed by atoms with E-state index in [2.05, 4.69) is 4.57 Å². The Balaban J connectivity index is 1.87. The van der Waals surface area contributed by atoms with E-state index in [1.165, 1.54) is 17.8 Å². The third kappa shape index (κ3) is 3.79. The predicted octanol–water partition coefficient (Wildman–Crippen LogP) is 4.48. The summed E-state index contributed by atoms with van der Waals surface area (Å²) in [4.78, 5) is 12.6. The van der Waals surface area contributed by atoms with Crippen molar-refractivity contribution >= 4 is 28.6 Å². The van der Waals surface area contributed by atoms with Crippen LogP contribution in [-0.2, 0) is 16.1 Å². The zero-order valence-electron chi connectivity index (χ0n) is 13.4. The molecule has 3 nitrogen and oxygen atoms in total. The highest BCUT2D eigenvalue weighted by Crippen LogP contribution is 2.30. The highest BCUT2D eigenvalue weighted by Gasteiger charge is 2.11. The topological polar surface area (TPSA) is 31.2 Å². The first-order valence-corrected chi connectivity index (χ1v) is 8.76. The minimum absolute atomic E-state index is 0.218. The fourth-order valence-corrected chi connectivity index (χ4v) is 3.52. The summed E-state index contributed by atoms with van der Waals surface area (Å²) < 4.78 is 20.5. The molecular formula is C19H18FNO2S. The predicted molar refractivity (Wildman–Crippen MR) is 94.8 cm³/mol. The molecule has 0 spiro atoms. The van der Waals surface area contributed by atoms with Crippen LogP contribution in [0.15, 0.2) is 59.6 Å². The summed E-state index contributed by atoms with van der Waals surface area (Å²) in [5.74, 6) is -0.174. The molecular weight excluding hydrogens is 325 g/mol. The SMILES string of the molecule is CCOC(=O)CSc1cn(Cc2cccc(F)c2)c2ccccc12. The van der Waals surface area contributed by atoms with Crippen LogP contribution in [0.3, 0.4) is 0 Å². The van der Waals surface area contributed by atoms with Gasteiger partial charge in [-0.25, -0.2) is 4.39 Å². The Hall–Kier alpha value is -2.27. The van der Waals surface area contributed by atoms with Gasteiger partial charge in [-0.1, -0.05) is 30.3 Å². The summed E-state index contributed by atoms with van der Waals surface area (Å²) in [6.07, 6.45) is 2.01. The third-order valence-electron chi connectivity index (χ3n) is 3.64. The van der Waals surface area contributed by atoms with Crippen molar-refractivity contribution in [3.8, 4) is 0 Å². The lowest BCUT2D eigenvalue weighted by molar-refractivity contribution is -0.139. The number of hydrogen-bond donors (Lipinski definition) is 0. The number of nitrogens with zero attached hydrogens (tertiary/aromatic N) is 1. The number of halogens is 1. The highest BCUT2D eigenvalue weighted by molar-refractivity contribution is 8.00. The fraction of sp³-hybridized carbons (Fsp3) is 0.211. The third-order valence-corrected chi connectivity index (χ3v) is 4.66. The molecule has 0 aliphatic heterocycles. The van der Waals surface area contributed by atoms with Crippen molar-refractivity contribution in [2.45, 2.75) is 18.4 Å². The average molecular weight is 343 g/mol. The average Bonchev–Trinajstić information content (AvgIpc) is 2.91. The van der Waals surface area contributed by atoms with Gasteiger partial charge in [0.15, 0.2) is 0 Å². The van der Waals surface area contributed by atoms with Crippen molar-refractivity contribution in [1.82, 2.24) is 4.57 Å². The molecule has 0 bridgehead atoms. The van der Waals surface area contributed by atoms with Gasteiger partial charge in [0.05, 0.1) is 12.4 Å². The first-order valence-electron chi connectivity index (χ1n) is 7.78. The molecule has 0 unspecified atom stereocenters. The molecule has 0 amide bonds. The van der Waals surface area contributed by atoms with Gasteiger partial charge in [0, 0.05) is 28.5 Å². The molecule has 0 saturated carbocycles. The Morgan fingerprint density at radius 1 is 1.21 bits per heavy atom. The van der Waals surface area contributed by atoms with Crippen molar-refractivity contribution in [1.29, 1.82) is 0 Å². The van der Waals surface area contributed by atoms with E-state index in [9.17, 15) is 9.18 Å². The second-order valence-electron chi connectivity index (χ2n) is 5.36. The van der Waals surface area contributed by atoms with E-state index in [-0.39, 0.29) is 17.5 Å². The van der Waals surface area contributed by atoms with E-state index < -0.39 is 0 Å². The van der Waals surface area contributed by atoms with Crippen LogP contribution >= 0.6 is 11.8 Å². The summed E-state index contributed by atoms with van der Waals surface area (Å²) in [6, 6.07) is 14.6. The number of para-hydroxylation sites is 1. The van der Waals surface area contributed by atoms with Gasteiger partial charge in [0.1, 0.15) is 5.82 Å². The van der Waals surface area contributed by atoms with Gasteiger partial charge in [0.25, 0.3) is 0 Å². The minimum atomic E-state index is -0.235. The van der Waals surface area contributed by atoms with Crippen LogP contribution in [0.25, 0.3) is 10.9 Å². The van der Waals surface area contributed by atoms with Crippen LogP contribution in [0, 0.1) is 5.82 Å². The van der Waals surface area contributed by atoms with Crippen LogP contribution in [-0.4, -0.2) is 22.9 Å². The number of carbonyl (C=O) groups is 1. The molecule has 0 radical (unpaired) electrons. The first kappa shape index (κ1) is 16.6. The molecule has 5 heteroatoms. The molecule has 124 valence electrons. The smallest absolute Gasteiger partial charge is 0.316 e. The summed E-state index contributed by atoms with van der Waals surface area (Å²) >= 11 is 1.46. The van der Waals surface area contributed by atoms with Crippen molar-refractivity contribution in [2.75, 3.05) is 12.4 Å². The molecule has 0 atom stereocenters.